The molecule has 4 rings (SSSR count). The first-order valence-corrected chi connectivity index (χ1v) is 11.1. The predicted octanol–water partition coefficient (Wildman–Crippen LogP) is 3.58. The fourth-order valence-corrected chi connectivity index (χ4v) is 5.17. The van der Waals surface area contributed by atoms with Gasteiger partial charge in [-0.15, -0.1) is 0 Å². The number of hydrogen-bond donors (Lipinski definition) is 2. The zero-order chi connectivity index (χ0) is 23.0. The number of rotatable bonds is 4. The number of hydrogen-bond acceptors (Lipinski definition) is 5. The summed E-state index contributed by atoms with van der Waals surface area (Å²) in [5.74, 6) is -0.288. The van der Waals surface area contributed by atoms with Gasteiger partial charge in [-0.05, 0) is 61.7 Å². The number of likely N-dealkylation sites (tertiary alicyclic amines) is 1. The third kappa shape index (κ3) is 4.16. The van der Waals surface area contributed by atoms with Gasteiger partial charge in [0.2, 0.25) is 0 Å². The minimum Gasteiger partial charge on any atom is -0.625 e. The zero-order valence-electron chi connectivity index (χ0n) is 19.1. The molecule has 2 aromatic rings. The Bertz CT molecular complexity index is 1040. The second kappa shape index (κ2) is 8.65. The number of ether oxygens (including phenoxy) is 1. The summed E-state index contributed by atoms with van der Waals surface area (Å²) < 4.78 is 4.36. The average molecular weight is 438 g/mol. The smallest absolute Gasteiger partial charge is 0.321 e. The molecule has 0 saturated carbocycles. The fourth-order valence-electron chi connectivity index (χ4n) is 5.17. The van der Waals surface area contributed by atoms with Gasteiger partial charge >= 0.3 is 5.91 Å². The molecular weight excluding hydrogens is 406 g/mol. The summed E-state index contributed by atoms with van der Waals surface area (Å²) in [5, 5.41) is 19.8. The van der Waals surface area contributed by atoms with Gasteiger partial charge in [0, 0.05) is 36.2 Å². The number of quaternary nitrogens is 1. The van der Waals surface area contributed by atoms with E-state index < -0.39 is 10.6 Å². The highest BCUT2D eigenvalue weighted by atomic mass is 16.6. The number of nitrogens with zero attached hydrogens (tertiary/aromatic N) is 1. The average Bonchev–Trinajstić information content (AvgIpc) is 2.78. The molecule has 2 fully saturated rings. The van der Waals surface area contributed by atoms with Gasteiger partial charge in [0.05, 0.1) is 14.2 Å². The molecular formula is C25H31N3O4. The lowest BCUT2D eigenvalue weighted by Gasteiger charge is -2.54. The molecule has 2 saturated heterocycles. The van der Waals surface area contributed by atoms with Gasteiger partial charge in [0.25, 0.3) is 5.91 Å². The van der Waals surface area contributed by atoms with Crippen LogP contribution in [0.2, 0.25) is 0 Å². The molecule has 2 heterocycles. The molecule has 0 radical (unpaired) electrons. The largest absolute Gasteiger partial charge is 0.625 e. The van der Waals surface area contributed by atoms with Gasteiger partial charge in [0.15, 0.2) is 0 Å². The van der Waals surface area contributed by atoms with Crippen LogP contribution < -0.4 is 15.4 Å². The molecule has 2 aliphatic rings. The highest BCUT2D eigenvalue weighted by Gasteiger charge is 2.50. The third-order valence-electron chi connectivity index (χ3n) is 7.02. The Hall–Kier alpha value is -2.74. The van der Waals surface area contributed by atoms with E-state index in [0.29, 0.717) is 29.8 Å². The first-order chi connectivity index (χ1) is 15.2. The molecule has 0 bridgehead atoms. The van der Waals surface area contributed by atoms with Crippen molar-refractivity contribution in [1.82, 2.24) is 5.32 Å². The Morgan fingerprint density at radius 2 is 2.00 bits per heavy atom. The Morgan fingerprint density at radius 1 is 1.22 bits per heavy atom. The normalized spacial score (nSPS) is 29.8. The van der Waals surface area contributed by atoms with Gasteiger partial charge in [0.1, 0.15) is 17.7 Å². The molecule has 5 atom stereocenters. The van der Waals surface area contributed by atoms with Crippen molar-refractivity contribution in [2.75, 3.05) is 26.0 Å². The lowest BCUT2D eigenvalue weighted by molar-refractivity contribution is -0.822. The highest BCUT2D eigenvalue weighted by molar-refractivity contribution is 6.04. The minimum absolute atomic E-state index is 0.144. The van der Waals surface area contributed by atoms with E-state index in [1.165, 1.54) is 7.05 Å². The standard InChI is InChI=1S/C25H31N3O4/c1-15-8-9-19(27-24(29)17-6-5-7-20(11-17)32-4)13-21(15)22-12-18-14-26-16(2)10-23(18)28(3,31)25(22)30/h5-9,11,13,16,18,22-23,26H,10,12,14H2,1-4H3,(H,27,29). The van der Waals surface area contributed by atoms with Gasteiger partial charge in [-0.3, -0.25) is 9.44 Å². The summed E-state index contributed by atoms with van der Waals surface area (Å²) in [6.07, 6.45) is 1.35. The van der Waals surface area contributed by atoms with E-state index in [2.05, 4.69) is 17.6 Å². The molecule has 2 N–H and O–H groups in total. The Labute approximate surface area is 188 Å². The molecule has 0 aliphatic carbocycles. The summed E-state index contributed by atoms with van der Waals surface area (Å²) >= 11 is 0. The van der Waals surface area contributed by atoms with E-state index in [0.717, 1.165) is 17.7 Å². The summed E-state index contributed by atoms with van der Waals surface area (Å²) in [5.41, 5.74) is 2.84. The maximum atomic E-state index is 13.4. The number of methoxy groups -OCH3 is 1. The van der Waals surface area contributed by atoms with Crippen molar-refractivity contribution >= 4 is 17.5 Å². The maximum Gasteiger partial charge on any atom is 0.321 e. The summed E-state index contributed by atoms with van der Waals surface area (Å²) in [6.45, 7) is 4.75. The summed E-state index contributed by atoms with van der Waals surface area (Å²) in [6, 6.07) is 12.5. The van der Waals surface area contributed by atoms with Crippen LogP contribution in [0, 0.1) is 18.0 Å². The van der Waals surface area contributed by atoms with E-state index >= 15 is 0 Å². The van der Waals surface area contributed by atoms with E-state index in [1.807, 2.05) is 25.1 Å². The van der Waals surface area contributed by atoms with Crippen molar-refractivity contribution < 1.29 is 19.0 Å². The van der Waals surface area contributed by atoms with Crippen molar-refractivity contribution in [1.29, 1.82) is 0 Å². The van der Waals surface area contributed by atoms with E-state index in [1.54, 1.807) is 31.4 Å². The van der Waals surface area contributed by atoms with E-state index in [4.69, 9.17) is 4.74 Å². The Kier molecular flexibility index (Phi) is 6.07. The molecule has 2 aliphatic heterocycles. The molecule has 7 heteroatoms. The van der Waals surface area contributed by atoms with Crippen molar-refractivity contribution in [3.63, 3.8) is 0 Å². The molecule has 0 aromatic heterocycles. The number of likely N-dealkylation sites (N-methyl/N-ethyl adjacent to an activating group) is 1. The summed E-state index contributed by atoms with van der Waals surface area (Å²) in [4.78, 5) is 26.1. The molecule has 170 valence electrons. The third-order valence-corrected chi connectivity index (χ3v) is 7.02. The summed E-state index contributed by atoms with van der Waals surface area (Å²) in [7, 11) is 3.06. The van der Waals surface area contributed by atoms with Crippen molar-refractivity contribution in [3.05, 3.63) is 64.4 Å². The second-order valence-electron chi connectivity index (χ2n) is 9.25. The molecule has 2 amide bonds. The van der Waals surface area contributed by atoms with Crippen molar-refractivity contribution in [2.45, 2.75) is 44.7 Å². The van der Waals surface area contributed by atoms with Crippen LogP contribution >= 0.6 is 0 Å². The van der Waals surface area contributed by atoms with Crippen LogP contribution in [0.5, 0.6) is 5.75 Å². The van der Waals surface area contributed by atoms with Gasteiger partial charge in [-0.25, -0.2) is 4.79 Å². The minimum atomic E-state index is -0.832. The van der Waals surface area contributed by atoms with Crippen LogP contribution in [0.4, 0.5) is 5.69 Å². The van der Waals surface area contributed by atoms with Crippen LogP contribution in [-0.2, 0) is 4.79 Å². The lowest BCUT2D eigenvalue weighted by Crippen LogP contribution is -2.65. The highest BCUT2D eigenvalue weighted by Crippen LogP contribution is 2.42. The monoisotopic (exact) mass is 437 g/mol. The number of aryl methyl sites for hydroxylation is 1. The lowest BCUT2D eigenvalue weighted by atomic mass is 9.74. The number of amides is 2. The molecule has 0 spiro atoms. The quantitative estimate of drug-likeness (QED) is 0.564. The molecule has 32 heavy (non-hydrogen) atoms. The van der Waals surface area contributed by atoms with E-state index in [-0.39, 0.29) is 29.8 Å². The number of carbonyl (C=O) groups excluding carboxylic acids is 2. The van der Waals surface area contributed by atoms with Crippen LogP contribution in [0.1, 0.15) is 47.2 Å². The molecule has 5 unspecified atom stereocenters. The van der Waals surface area contributed by atoms with Crippen LogP contribution in [0.15, 0.2) is 42.5 Å². The Morgan fingerprint density at radius 3 is 2.75 bits per heavy atom. The van der Waals surface area contributed by atoms with Gasteiger partial charge in [-0.1, -0.05) is 12.1 Å². The second-order valence-corrected chi connectivity index (χ2v) is 9.25. The number of fused-ring (bicyclic) bond motifs is 1. The van der Waals surface area contributed by atoms with Crippen LogP contribution in [-0.4, -0.2) is 49.2 Å². The maximum absolute atomic E-state index is 13.4. The van der Waals surface area contributed by atoms with E-state index in [9.17, 15) is 14.8 Å². The Balaban J connectivity index is 1.60. The number of benzene rings is 2. The van der Waals surface area contributed by atoms with Crippen LogP contribution in [0.3, 0.4) is 0 Å². The topological polar surface area (TPSA) is 90.5 Å². The van der Waals surface area contributed by atoms with Crippen molar-refractivity contribution in [2.24, 2.45) is 5.92 Å². The molecule has 2 aromatic carbocycles. The number of piperidine rings is 2. The first-order valence-electron chi connectivity index (χ1n) is 11.1. The SMILES string of the molecule is COc1cccc(C(=O)Nc2ccc(C)c(C3CC4CNC(C)CC4[N+](C)([O-])C3=O)c2)c1. The fraction of sp³-hybridized carbons (Fsp3) is 0.440. The van der Waals surface area contributed by atoms with Gasteiger partial charge in [-0.2, -0.15) is 0 Å². The number of anilines is 1. The van der Waals surface area contributed by atoms with Crippen LogP contribution in [0.25, 0.3) is 0 Å². The predicted molar refractivity (Wildman–Crippen MR) is 123 cm³/mol. The molecule has 7 nitrogen and oxygen atoms in total. The number of hydroxylamine groups is 3. The zero-order valence-corrected chi connectivity index (χ0v) is 19.1. The number of carbonyl (C=O) groups is 2. The van der Waals surface area contributed by atoms with Crippen molar-refractivity contribution in [3.8, 4) is 5.75 Å². The van der Waals surface area contributed by atoms with Gasteiger partial charge < -0.3 is 20.6 Å². The first kappa shape index (κ1) is 22.5. The number of nitrogens with one attached hydrogen (secondary N) is 2.